The van der Waals surface area contributed by atoms with Crippen LogP contribution in [0.5, 0.6) is 0 Å². The van der Waals surface area contributed by atoms with Gasteiger partial charge in [-0.25, -0.2) is 0 Å². The molecule has 0 fully saturated rings. The maximum atomic E-state index is 3.97. The van der Waals surface area contributed by atoms with Crippen molar-refractivity contribution < 1.29 is 0 Å². The highest BCUT2D eigenvalue weighted by Gasteiger charge is 1.94. The molecule has 0 aromatic heterocycles. The third-order valence-electron chi connectivity index (χ3n) is 1.72. The van der Waals surface area contributed by atoms with Gasteiger partial charge >= 0.3 is 0 Å². The van der Waals surface area contributed by atoms with E-state index in [0.717, 1.165) is 26.2 Å². The average Bonchev–Trinajstić information content (AvgIpc) is 2.63. The van der Waals surface area contributed by atoms with E-state index in [1.54, 1.807) is 0 Å². The predicted octanol–water partition coefficient (Wildman–Crippen LogP) is 0.764. The molecule has 0 aromatic carbocycles. The van der Waals surface area contributed by atoms with Gasteiger partial charge in [0.2, 0.25) is 0 Å². The van der Waals surface area contributed by atoms with Gasteiger partial charge in [0.25, 0.3) is 0 Å². The van der Waals surface area contributed by atoms with Gasteiger partial charge in [0, 0.05) is 27.2 Å². The fraction of sp³-hybridized carbons (Fsp3) is 0.750. The Morgan fingerprint density at radius 1 is 0.857 bits per heavy atom. The minimum absolute atomic E-state index is 0. The summed E-state index contributed by atoms with van der Waals surface area (Å²) >= 11 is 0. The normalized spacial score (nSPS) is 17.0. The zero-order chi connectivity index (χ0) is 8.81. The molecule has 6 heteroatoms. The fourth-order valence-corrected chi connectivity index (χ4v) is 0.941. The van der Waals surface area contributed by atoms with E-state index >= 15 is 0 Å². The minimum atomic E-state index is 0. The van der Waals surface area contributed by atoms with Crippen LogP contribution >= 0.6 is 24.8 Å². The van der Waals surface area contributed by atoms with Crippen molar-refractivity contribution >= 4 is 37.5 Å². The van der Waals surface area contributed by atoms with E-state index in [9.17, 15) is 0 Å². The quantitative estimate of drug-likeness (QED) is 0.627. The Hall–Kier alpha value is -0.480. The second-order valence-corrected chi connectivity index (χ2v) is 3.00. The Morgan fingerprint density at radius 2 is 1.21 bits per heavy atom. The molecule has 0 saturated heterocycles. The molecule has 0 atom stereocenters. The van der Waals surface area contributed by atoms with Crippen molar-refractivity contribution in [1.29, 1.82) is 0 Å². The van der Waals surface area contributed by atoms with Crippen LogP contribution in [0.15, 0.2) is 9.98 Å². The molecule has 2 aliphatic heterocycles. The molecule has 2 aliphatic rings. The van der Waals surface area contributed by atoms with E-state index < -0.39 is 0 Å². The van der Waals surface area contributed by atoms with Crippen LogP contribution in [0.4, 0.5) is 0 Å². The van der Waals surface area contributed by atoms with E-state index in [-0.39, 0.29) is 24.8 Å². The summed E-state index contributed by atoms with van der Waals surface area (Å²) in [6.45, 7) is 4.16. The van der Waals surface area contributed by atoms with E-state index in [4.69, 9.17) is 0 Å². The largest absolute Gasteiger partial charge is 0.364 e. The molecule has 0 saturated carbocycles. The zero-order valence-corrected chi connectivity index (χ0v) is 10.2. The molecule has 0 unspecified atom stereocenters. The van der Waals surface area contributed by atoms with Gasteiger partial charge in [-0.3, -0.25) is 9.98 Å². The summed E-state index contributed by atoms with van der Waals surface area (Å²) in [6, 6.07) is 0. The Balaban J connectivity index is 0. The summed E-state index contributed by atoms with van der Waals surface area (Å²) in [5, 5.41) is 0. The topological polar surface area (TPSA) is 31.2 Å². The Kier molecular flexibility index (Phi) is 10.4. The molecule has 0 spiro atoms. The molecule has 2 heterocycles. The fourth-order valence-electron chi connectivity index (χ4n) is 0.941. The van der Waals surface area contributed by atoms with E-state index in [1.165, 1.54) is 0 Å². The molecule has 0 amide bonds. The Bertz CT molecular complexity index is 164. The summed E-state index contributed by atoms with van der Waals surface area (Å²) in [5.74, 6) is 0. The number of halogens is 2. The Labute approximate surface area is 97.9 Å². The maximum Gasteiger partial charge on any atom is 0.0848 e. The summed E-state index contributed by atoms with van der Waals surface area (Å²) < 4.78 is 0. The first-order valence-corrected chi connectivity index (χ1v) is 4.19. The molecule has 0 bridgehead atoms. The molecule has 4 nitrogen and oxygen atoms in total. The summed E-state index contributed by atoms with van der Waals surface area (Å²) in [4.78, 5) is 12.1. The SMILES string of the molecule is CN1C=NCC1.CN1C=NCC1.Cl.Cl. The average molecular weight is 241 g/mol. The van der Waals surface area contributed by atoms with E-state index in [1.807, 2.05) is 26.8 Å². The monoisotopic (exact) mass is 240 g/mol. The van der Waals surface area contributed by atoms with Gasteiger partial charge < -0.3 is 9.80 Å². The molecule has 0 aliphatic carbocycles. The van der Waals surface area contributed by atoms with Gasteiger partial charge in [0.15, 0.2) is 0 Å². The van der Waals surface area contributed by atoms with Gasteiger partial charge in [-0.1, -0.05) is 0 Å². The molecule has 14 heavy (non-hydrogen) atoms. The summed E-state index contributed by atoms with van der Waals surface area (Å²) in [5.41, 5.74) is 0. The standard InChI is InChI=1S/2C4H8N2.2ClH/c2*1-6-3-2-5-4-6;;/h2*4H,2-3H2,1H3;2*1H. The van der Waals surface area contributed by atoms with Crippen LogP contribution in [0.2, 0.25) is 0 Å². The molecule has 0 radical (unpaired) electrons. The first-order chi connectivity index (χ1) is 5.79. The van der Waals surface area contributed by atoms with Gasteiger partial charge in [-0.15, -0.1) is 24.8 Å². The van der Waals surface area contributed by atoms with Crippen LogP contribution in [-0.4, -0.2) is 62.8 Å². The molecule has 0 aromatic rings. The number of hydrogen-bond donors (Lipinski definition) is 0. The third kappa shape index (κ3) is 6.97. The molecule has 84 valence electrons. The number of hydrogen-bond acceptors (Lipinski definition) is 4. The molecule has 2 rings (SSSR count). The first-order valence-electron chi connectivity index (χ1n) is 4.19. The molecular weight excluding hydrogens is 223 g/mol. The second kappa shape index (κ2) is 9.09. The predicted molar refractivity (Wildman–Crippen MR) is 66.5 cm³/mol. The lowest BCUT2D eigenvalue weighted by molar-refractivity contribution is 0.568. The zero-order valence-electron chi connectivity index (χ0n) is 8.59. The highest BCUT2D eigenvalue weighted by molar-refractivity contribution is 5.85. The van der Waals surface area contributed by atoms with Crippen molar-refractivity contribution in [3.05, 3.63) is 0 Å². The maximum absolute atomic E-state index is 3.97. The van der Waals surface area contributed by atoms with E-state index in [0.29, 0.717) is 0 Å². The van der Waals surface area contributed by atoms with Crippen LogP contribution in [0.1, 0.15) is 0 Å². The van der Waals surface area contributed by atoms with Crippen LogP contribution in [0.3, 0.4) is 0 Å². The van der Waals surface area contributed by atoms with Gasteiger partial charge in [0.05, 0.1) is 25.8 Å². The lowest BCUT2D eigenvalue weighted by Gasteiger charge is -1.99. The lowest BCUT2D eigenvalue weighted by atomic mass is 10.6. The van der Waals surface area contributed by atoms with Crippen molar-refractivity contribution in [3.8, 4) is 0 Å². The van der Waals surface area contributed by atoms with Crippen LogP contribution in [-0.2, 0) is 0 Å². The van der Waals surface area contributed by atoms with Gasteiger partial charge in [-0.05, 0) is 0 Å². The third-order valence-corrected chi connectivity index (χ3v) is 1.72. The van der Waals surface area contributed by atoms with E-state index in [2.05, 4.69) is 19.8 Å². The molecule has 0 N–H and O–H groups in total. The van der Waals surface area contributed by atoms with Crippen molar-refractivity contribution in [2.24, 2.45) is 9.98 Å². The number of rotatable bonds is 0. The van der Waals surface area contributed by atoms with Crippen molar-refractivity contribution in [1.82, 2.24) is 9.80 Å². The highest BCUT2D eigenvalue weighted by atomic mass is 35.5. The Morgan fingerprint density at radius 3 is 1.29 bits per heavy atom. The van der Waals surface area contributed by atoms with Crippen LogP contribution in [0.25, 0.3) is 0 Å². The van der Waals surface area contributed by atoms with Crippen LogP contribution in [0, 0.1) is 0 Å². The minimum Gasteiger partial charge on any atom is -0.364 e. The van der Waals surface area contributed by atoms with Crippen molar-refractivity contribution in [2.75, 3.05) is 40.3 Å². The highest BCUT2D eigenvalue weighted by Crippen LogP contribution is 1.85. The number of aliphatic imine (C=N–C) groups is 2. The molecular formula is C8H18Cl2N4. The summed E-state index contributed by atoms with van der Waals surface area (Å²) in [7, 11) is 4.05. The smallest absolute Gasteiger partial charge is 0.0848 e. The van der Waals surface area contributed by atoms with Crippen molar-refractivity contribution in [2.45, 2.75) is 0 Å². The first kappa shape index (κ1) is 16.0. The number of likely N-dealkylation sites (N-methyl/N-ethyl adjacent to an activating group) is 2. The van der Waals surface area contributed by atoms with Gasteiger partial charge in [-0.2, -0.15) is 0 Å². The lowest BCUT2D eigenvalue weighted by Crippen LogP contribution is -2.11. The summed E-state index contributed by atoms with van der Waals surface area (Å²) in [6.07, 6.45) is 3.72. The van der Waals surface area contributed by atoms with Gasteiger partial charge in [0.1, 0.15) is 0 Å². The van der Waals surface area contributed by atoms with Crippen molar-refractivity contribution in [3.63, 3.8) is 0 Å². The number of nitrogens with zero attached hydrogens (tertiary/aromatic N) is 4. The van der Waals surface area contributed by atoms with Crippen LogP contribution < -0.4 is 0 Å². The second-order valence-electron chi connectivity index (χ2n) is 3.00.